The molecule has 20 heavy (non-hydrogen) atoms. The van der Waals surface area contributed by atoms with Gasteiger partial charge >= 0.3 is 0 Å². The third-order valence-corrected chi connectivity index (χ3v) is 3.42. The van der Waals surface area contributed by atoms with Gasteiger partial charge in [-0.3, -0.25) is 4.79 Å². The first-order valence-corrected chi connectivity index (χ1v) is 7.23. The quantitative estimate of drug-likeness (QED) is 0.361. The Labute approximate surface area is 127 Å². The monoisotopic (exact) mass is 341 g/mol. The number of amidine groups is 1. The van der Waals surface area contributed by atoms with E-state index in [1.807, 2.05) is 38.1 Å². The van der Waals surface area contributed by atoms with E-state index in [4.69, 9.17) is 10.9 Å². The Morgan fingerprint density at radius 1 is 1.50 bits per heavy atom. The van der Waals surface area contributed by atoms with Gasteiger partial charge in [-0.15, -0.1) is 0 Å². The van der Waals surface area contributed by atoms with Crippen LogP contribution in [0.2, 0.25) is 0 Å². The zero-order valence-electron chi connectivity index (χ0n) is 11.7. The van der Waals surface area contributed by atoms with Crippen LogP contribution in [-0.4, -0.2) is 34.4 Å². The van der Waals surface area contributed by atoms with Crippen LogP contribution in [0.4, 0.5) is 0 Å². The van der Waals surface area contributed by atoms with Gasteiger partial charge in [0.05, 0.1) is 6.42 Å². The minimum atomic E-state index is 0.0313. The highest BCUT2D eigenvalue weighted by molar-refractivity contribution is 9.10. The summed E-state index contributed by atoms with van der Waals surface area (Å²) in [7, 11) is 0. The molecule has 110 valence electrons. The van der Waals surface area contributed by atoms with Crippen LogP contribution in [0.5, 0.6) is 0 Å². The third-order valence-electron chi connectivity index (χ3n) is 2.93. The Balaban J connectivity index is 2.69. The van der Waals surface area contributed by atoms with Crippen molar-refractivity contribution < 1.29 is 10.0 Å². The lowest BCUT2D eigenvalue weighted by Gasteiger charge is -2.26. The summed E-state index contributed by atoms with van der Waals surface area (Å²) in [6.07, 6.45) is 0.701. The van der Waals surface area contributed by atoms with E-state index in [9.17, 15) is 4.79 Å². The molecular weight excluding hydrogens is 322 g/mol. The Bertz CT molecular complexity index is 489. The summed E-state index contributed by atoms with van der Waals surface area (Å²) < 4.78 is 0.954. The second-order valence-corrected chi connectivity index (χ2v) is 5.74. The smallest absolute Gasteiger partial charge is 0.227 e. The van der Waals surface area contributed by atoms with E-state index in [0.717, 1.165) is 10.0 Å². The topological polar surface area (TPSA) is 78.9 Å². The van der Waals surface area contributed by atoms with Crippen LogP contribution in [0.25, 0.3) is 0 Å². The fourth-order valence-corrected chi connectivity index (χ4v) is 2.33. The number of hydrogen-bond acceptors (Lipinski definition) is 3. The summed E-state index contributed by atoms with van der Waals surface area (Å²) >= 11 is 3.39. The third kappa shape index (κ3) is 5.21. The van der Waals surface area contributed by atoms with Gasteiger partial charge in [-0.2, -0.15) is 0 Å². The number of nitrogens with zero attached hydrogens (tertiary/aromatic N) is 2. The summed E-state index contributed by atoms with van der Waals surface area (Å²) in [6.45, 7) is 4.34. The molecule has 0 aliphatic carbocycles. The lowest BCUT2D eigenvalue weighted by molar-refractivity contribution is -0.132. The van der Waals surface area contributed by atoms with Crippen molar-refractivity contribution in [1.29, 1.82) is 0 Å². The molecule has 1 aromatic carbocycles. The number of amides is 1. The summed E-state index contributed by atoms with van der Waals surface area (Å²) in [6, 6.07) is 7.75. The second kappa shape index (κ2) is 7.89. The maximum absolute atomic E-state index is 12.3. The number of hydrogen-bond donors (Lipinski definition) is 2. The van der Waals surface area contributed by atoms with Crippen molar-refractivity contribution in [2.24, 2.45) is 10.9 Å². The van der Waals surface area contributed by atoms with Gasteiger partial charge in [-0.1, -0.05) is 33.2 Å². The molecule has 1 amide bonds. The lowest BCUT2D eigenvalue weighted by atomic mass is 10.1. The predicted molar refractivity (Wildman–Crippen MR) is 82.7 cm³/mol. The predicted octanol–water partition coefficient (Wildman–Crippen LogP) is 2.37. The molecule has 0 saturated heterocycles. The minimum absolute atomic E-state index is 0.0313. The second-order valence-electron chi connectivity index (χ2n) is 4.83. The van der Waals surface area contributed by atoms with E-state index in [2.05, 4.69) is 21.1 Å². The number of benzene rings is 1. The Morgan fingerprint density at radius 3 is 2.75 bits per heavy atom. The molecule has 0 saturated carbocycles. The van der Waals surface area contributed by atoms with Gasteiger partial charge in [0.1, 0.15) is 5.84 Å². The number of oxime groups is 1. The van der Waals surface area contributed by atoms with Crippen LogP contribution in [0.15, 0.2) is 33.9 Å². The van der Waals surface area contributed by atoms with E-state index < -0.39 is 0 Å². The van der Waals surface area contributed by atoms with E-state index in [-0.39, 0.29) is 17.8 Å². The summed E-state index contributed by atoms with van der Waals surface area (Å²) in [5.74, 6) is 0.162. The molecule has 0 aliphatic heterocycles. The number of nitrogens with two attached hydrogens (primary N) is 1. The number of carbonyl (C=O) groups is 1. The lowest BCUT2D eigenvalue weighted by Crippen LogP contribution is -2.40. The maximum atomic E-state index is 12.3. The van der Waals surface area contributed by atoms with Gasteiger partial charge in [0.15, 0.2) is 0 Å². The first-order valence-electron chi connectivity index (χ1n) is 6.44. The number of carbonyl (C=O) groups excluding carboxylic acids is 1. The van der Waals surface area contributed by atoms with Crippen molar-refractivity contribution in [2.45, 2.75) is 32.7 Å². The summed E-state index contributed by atoms with van der Waals surface area (Å²) in [5.41, 5.74) is 6.41. The molecule has 0 fully saturated rings. The molecular formula is C14H20BrN3O2. The first-order chi connectivity index (χ1) is 9.43. The largest absolute Gasteiger partial charge is 0.409 e. The molecule has 1 aromatic rings. The zero-order chi connectivity index (χ0) is 15.1. The molecule has 6 heteroatoms. The Morgan fingerprint density at radius 2 is 2.20 bits per heavy atom. The fourth-order valence-electron chi connectivity index (χ4n) is 1.88. The maximum Gasteiger partial charge on any atom is 0.227 e. The van der Waals surface area contributed by atoms with Crippen LogP contribution < -0.4 is 5.73 Å². The number of rotatable bonds is 6. The molecule has 0 aromatic heterocycles. The highest BCUT2D eigenvalue weighted by atomic mass is 79.9. The molecule has 0 heterocycles. The molecule has 3 N–H and O–H groups in total. The van der Waals surface area contributed by atoms with Gasteiger partial charge in [0.25, 0.3) is 0 Å². The van der Waals surface area contributed by atoms with Crippen molar-refractivity contribution in [2.75, 3.05) is 6.54 Å². The molecule has 0 aliphatic rings. The standard InChI is InChI=1S/C14H20BrN3O2/c1-10(2)18(7-6-13(16)17-20)14(19)9-11-4-3-5-12(15)8-11/h3-5,8,10,20H,6-7,9H2,1-2H3,(H2,16,17). The highest BCUT2D eigenvalue weighted by Crippen LogP contribution is 2.13. The summed E-state index contributed by atoms with van der Waals surface area (Å²) in [4.78, 5) is 14.1. The first kappa shape index (κ1) is 16.5. The van der Waals surface area contributed by atoms with Gasteiger partial charge in [0, 0.05) is 23.5 Å². The molecule has 0 atom stereocenters. The van der Waals surface area contributed by atoms with Crippen molar-refractivity contribution in [3.63, 3.8) is 0 Å². The Hall–Kier alpha value is -1.56. The molecule has 0 spiro atoms. The molecule has 1 rings (SSSR count). The van der Waals surface area contributed by atoms with Crippen LogP contribution in [0.3, 0.4) is 0 Å². The van der Waals surface area contributed by atoms with E-state index in [1.54, 1.807) is 4.90 Å². The number of halogens is 1. The average molecular weight is 342 g/mol. The van der Waals surface area contributed by atoms with Crippen LogP contribution >= 0.6 is 15.9 Å². The van der Waals surface area contributed by atoms with Crippen molar-refractivity contribution in [3.05, 3.63) is 34.3 Å². The van der Waals surface area contributed by atoms with Gasteiger partial charge < -0.3 is 15.8 Å². The van der Waals surface area contributed by atoms with Gasteiger partial charge in [-0.05, 0) is 31.5 Å². The normalized spacial score (nSPS) is 11.7. The van der Waals surface area contributed by atoms with Crippen LogP contribution in [0.1, 0.15) is 25.8 Å². The van der Waals surface area contributed by atoms with E-state index >= 15 is 0 Å². The molecule has 5 nitrogen and oxygen atoms in total. The molecule has 0 bridgehead atoms. The van der Waals surface area contributed by atoms with Crippen molar-refractivity contribution >= 4 is 27.7 Å². The van der Waals surface area contributed by atoms with Crippen LogP contribution in [0, 0.1) is 0 Å². The molecule has 0 radical (unpaired) electrons. The Kier molecular flexibility index (Phi) is 6.51. The van der Waals surface area contributed by atoms with Crippen molar-refractivity contribution in [3.8, 4) is 0 Å². The van der Waals surface area contributed by atoms with E-state index in [0.29, 0.717) is 19.4 Å². The zero-order valence-corrected chi connectivity index (χ0v) is 13.3. The van der Waals surface area contributed by atoms with Crippen molar-refractivity contribution in [1.82, 2.24) is 4.90 Å². The van der Waals surface area contributed by atoms with Gasteiger partial charge in [0.2, 0.25) is 5.91 Å². The average Bonchev–Trinajstić information content (AvgIpc) is 2.38. The van der Waals surface area contributed by atoms with Gasteiger partial charge in [-0.25, -0.2) is 0 Å². The minimum Gasteiger partial charge on any atom is -0.409 e. The van der Waals surface area contributed by atoms with E-state index in [1.165, 1.54) is 0 Å². The van der Waals surface area contributed by atoms with Crippen LogP contribution in [-0.2, 0) is 11.2 Å². The molecule has 0 unspecified atom stereocenters. The fraction of sp³-hybridized carbons (Fsp3) is 0.429. The highest BCUT2D eigenvalue weighted by Gasteiger charge is 2.17. The SMILES string of the molecule is CC(C)N(CCC(N)=NO)C(=O)Cc1cccc(Br)c1. The summed E-state index contributed by atoms with van der Waals surface area (Å²) in [5, 5.41) is 11.5.